The molecule has 0 atom stereocenters. The van der Waals surface area contributed by atoms with Gasteiger partial charge in [-0.3, -0.25) is 15.0 Å². The van der Waals surface area contributed by atoms with Crippen LogP contribution in [0.4, 0.5) is 5.13 Å². The van der Waals surface area contributed by atoms with E-state index in [0.29, 0.717) is 36.4 Å². The van der Waals surface area contributed by atoms with E-state index in [9.17, 15) is 28.8 Å². The second kappa shape index (κ2) is 26.6. The summed E-state index contributed by atoms with van der Waals surface area (Å²) < 4.78 is 32.3. The van der Waals surface area contributed by atoms with Crippen molar-refractivity contribution in [1.82, 2.24) is 4.98 Å². The highest BCUT2D eigenvalue weighted by Crippen LogP contribution is 2.27. The second-order valence-corrected chi connectivity index (χ2v) is 15.0. The van der Waals surface area contributed by atoms with Gasteiger partial charge in [-0.1, -0.05) is 85.2 Å². The number of fused-ring (bicyclic) bond motifs is 1. The van der Waals surface area contributed by atoms with E-state index in [2.05, 4.69) is 28.7 Å². The van der Waals surface area contributed by atoms with Gasteiger partial charge in [0.15, 0.2) is 0 Å². The van der Waals surface area contributed by atoms with E-state index in [4.69, 9.17) is 28.4 Å². The Labute approximate surface area is 385 Å². The quantitative estimate of drug-likeness (QED) is 0.0112. The fourth-order valence-corrected chi connectivity index (χ4v) is 6.47. The first kappa shape index (κ1) is 49.0. The number of aryl methyl sites for hydroxylation is 2. The fourth-order valence-electron chi connectivity index (χ4n) is 5.65. The van der Waals surface area contributed by atoms with Crippen molar-refractivity contribution in [2.75, 3.05) is 31.9 Å². The van der Waals surface area contributed by atoms with E-state index in [1.165, 1.54) is 41.8 Å². The third kappa shape index (κ3) is 17.7. The average molecular weight is 914 g/mol. The minimum absolute atomic E-state index is 0.0582. The number of thiazole rings is 1. The van der Waals surface area contributed by atoms with Gasteiger partial charge in [0.25, 0.3) is 0 Å². The summed E-state index contributed by atoms with van der Waals surface area (Å²) in [6.45, 7) is 7.06. The summed E-state index contributed by atoms with van der Waals surface area (Å²) in [7, 11) is 0. The molecule has 66 heavy (non-hydrogen) atoms. The third-order valence-electron chi connectivity index (χ3n) is 9.00. The van der Waals surface area contributed by atoms with Crippen molar-refractivity contribution in [2.24, 2.45) is 5.10 Å². The van der Waals surface area contributed by atoms with Gasteiger partial charge < -0.3 is 28.4 Å². The van der Waals surface area contributed by atoms with Gasteiger partial charge in [-0.15, -0.1) is 0 Å². The highest BCUT2D eigenvalue weighted by atomic mass is 32.1. The maximum atomic E-state index is 13.1. The average Bonchev–Trinajstić information content (AvgIpc) is 3.75. The molecule has 4 aromatic carbocycles. The van der Waals surface area contributed by atoms with Crippen molar-refractivity contribution >= 4 is 80.9 Å². The largest absolute Gasteiger partial charge is 0.462 e. The zero-order valence-electron chi connectivity index (χ0n) is 35.9. The Hall–Kier alpha value is -7.98. The van der Waals surface area contributed by atoms with E-state index >= 15 is 0 Å². The Bertz CT molecular complexity index is 2550. The van der Waals surface area contributed by atoms with Gasteiger partial charge in [-0.25, -0.2) is 24.2 Å². The van der Waals surface area contributed by atoms with Crippen molar-refractivity contribution in [1.29, 1.82) is 0 Å². The molecular formula is C50H47N3O12S. The molecule has 1 heterocycles. The van der Waals surface area contributed by atoms with Gasteiger partial charge in [0.2, 0.25) is 5.13 Å². The minimum Gasteiger partial charge on any atom is -0.462 e. The predicted octanol–water partition coefficient (Wildman–Crippen LogP) is 8.17. The zero-order valence-corrected chi connectivity index (χ0v) is 36.7. The number of ether oxygens (including phenoxy) is 6. The SMILES string of the molecule is C=CC(=O)OCCCOC(=O)/C=C/c1ccc(CCC(=O)Oc2ccc(OC(=O)CCc3ccc(/C=C/C(=O)OCCCOC(=O)C=C)cc3)c(/C=N/Nc3nc4ccccc4s3)c2)cc1. The van der Waals surface area contributed by atoms with Gasteiger partial charge >= 0.3 is 35.8 Å². The topological polar surface area (TPSA) is 195 Å². The van der Waals surface area contributed by atoms with Crippen molar-refractivity contribution in [3.05, 3.63) is 156 Å². The number of nitrogens with one attached hydrogen (secondary N) is 1. The lowest BCUT2D eigenvalue weighted by Gasteiger charge is -2.10. The first-order valence-corrected chi connectivity index (χ1v) is 21.5. The molecule has 0 unspecified atom stereocenters. The summed E-state index contributed by atoms with van der Waals surface area (Å²) in [5.41, 5.74) is 7.36. The molecule has 0 aliphatic heterocycles. The third-order valence-corrected chi connectivity index (χ3v) is 9.94. The van der Waals surface area contributed by atoms with Crippen molar-refractivity contribution in [3.8, 4) is 11.5 Å². The van der Waals surface area contributed by atoms with Crippen LogP contribution in [0, 0.1) is 0 Å². The molecule has 1 N–H and O–H groups in total. The summed E-state index contributed by atoms with van der Waals surface area (Å²) in [4.78, 5) is 76.8. The van der Waals surface area contributed by atoms with Gasteiger partial charge in [0, 0.05) is 55.6 Å². The molecule has 0 radical (unpaired) electrons. The Morgan fingerprint density at radius 1 is 0.621 bits per heavy atom. The fraction of sp³-hybridized carbons (Fsp3) is 0.200. The van der Waals surface area contributed by atoms with Crippen LogP contribution < -0.4 is 14.9 Å². The van der Waals surface area contributed by atoms with Crippen LogP contribution in [0.1, 0.15) is 53.5 Å². The number of benzene rings is 4. The maximum Gasteiger partial charge on any atom is 0.330 e. The molecule has 0 spiro atoms. The van der Waals surface area contributed by atoms with Crippen molar-refractivity contribution in [2.45, 2.75) is 38.5 Å². The number of carbonyl (C=O) groups is 6. The molecule has 1 aromatic heterocycles. The summed E-state index contributed by atoms with van der Waals surface area (Å²) >= 11 is 1.42. The number of nitrogens with zero attached hydrogens (tertiary/aromatic N) is 2. The van der Waals surface area contributed by atoms with Gasteiger partial charge in [-0.2, -0.15) is 5.10 Å². The molecule has 0 amide bonds. The van der Waals surface area contributed by atoms with Crippen molar-refractivity contribution in [3.63, 3.8) is 0 Å². The maximum absolute atomic E-state index is 13.1. The Kier molecular flexibility index (Phi) is 19.8. The summed E-state index contributed by atoms with van der Waals surface area (Å²) in [5.74, 6) is -2.70. The Morgan fingerprint density at radius 3 is 1.67 bits per heavy atom. The van der Waals surface area contributed by atoms with E-state index in [-0.39, 0.29) is 50.8 Å². The Morgan fingerprint density at radius 2 is 1.14 bits per heavy atom. The number of carbonyl (C=O) groups excluding carboxylic acids is 6. The highest BCUT2D eigenvalue weighted by Gasteiger charge is 2.14. The molecule has 15 nitrogen and oxygen atoms in total. The monoisotopic (exact) mass is 913 g/mol. The molecule has 0 fully saturated rings. The number of hydrazone groups is 1. The molecule has 16 heteroatoms. The predicted molar refractivity (Wildman–Crippen MR) is 250 cm³/mol. The molecule has 0 aliphatic carbocycles. The Balaban J connectivity index is 1.12. The zero-order chi connectivity index (χ0) is 46.9. The summed E-state index contributed by atoms with van der Waals surface area (Å²) in [5, 5.41) is 4.88. The molecule has 0 saturated heterocycles. The summed E-state index contributed by atoms with van der Waals surface area (Å²) in [6.07, 6.45) is 11.0. The first-order valence-electron chi connectivity index (χ1n) is 20.7. The molecular weight excluding hydrogens is 867 g/mol. The molecule has 5 rings (SSSR count). The number of hydrogen-bond donors (Lipinski definition) is 1. The number of esters is 6. The van der Waals surface area contributed by atoms with E-state index in [1.54, 1.807) is 18.2 Å². The normalized spacial score (nSPS) is 11.0. The van der Waals surface area contributed by atoms with Crippen LogP contribution >= 0.6 is 11.3 Å². The standard InChI is InChI=1S/C50H47N3O12S/c1-3-44(54)60-29-7-31-62-46(56)25-19-35-11-15-37(16-12-35)21-27-48(58)64-40-23-24-42(39(33-40)34-51-53-50-52-41-9-5-6-10-43(41)66-50)65-49(59)28-22-38-17-13-36(14-18-38)20-26-47(57)63-32-8-30-61-45(55)4-2/h3-6,9-20,23-26,33-34H,1-2,7-8,21-22,27-32H2,(H,52,53)/b25-19+,26-20+,51-34+. The lowest BCUT2D eigenvalue weighted by Crippen LogP contribution is -2.12. The smallest absolute Gasteiger partial charge is 0.330 e. The number of aromatic nitrogens is 1. The number of para-hydroxylation sites is 1. The number of anilines is 1. The summed E-state index contributed by atoms with van der Waals surface area (Å²) in [6, 6.07) is 26.9. The number of hydrogen-bond acceptors (Lipinski definition) is 16. The van der Waals surface area contributed by atoms with E-state index < -0.39 is 35.8 Å². The van der Waals surface area contributed by atoms with Crippen LogP contribution in [-0.4, -0.2) is 73.4 Å². The van der Waals surface area contributed by atoms with E-state index in [1.807, 2.05) is 72.8 Å². The second-order valence-electron chi connectivity index (χ2n) is 13.9. The lowest BCUT2D eigenvalue weighted by atomic mass is 10.1. The number of rotatable bonds is 25. The van der Waals surface area contributed by atoms with Crippen LogP contribution in [0.2, 0.25) is 0 Å². The van der Waals surface area contributed by atoms with Crippen LogP contribution in [0.5, 0.6) is 11.5 Å². The van der Waals surface area contributed by atoms with Crippen molar-refractivity contribution < 1.29 is 57.2 Å². The first-order chi connectivity index (χ1) is 32.1. The minimum atomic E-state index is -0.538. The van der Waals surface area contributed by atoms with Crippen LogP contribution in [0.15, 0.2) is 134 Å². The van der Waals surface area contributed by atoms with Gasteiger partial charge in [0.1, 0.15) is 11.5 Å². The van der Waals surface area contributed by atoms with Crippen LogP contribution in [0.3, 0.4) is 0 Å². The van der Waals surface area contributed by atoms with Crippen LogP contribution in [-0.2, 0) is 60.6 Å². The molecule has 0 saturated carbocycles. The molecule has 340 valence electrons. The molecule has 0 aliphatic rings. The van der Waals surface area contributed by atoms with Gasteiger partial charge in [-0.05, 0) is 77.6 Å². The molecule has 5 aromatic rings. The molecule has 0 bridgehead atoms. The van der Waals surface area contributed by atoms with E-state index in [0.717, 1.165) is 44.6 Å². The van der Waals surface area contributed by atoms with Gasteiger partial charge in [0.05, 0.1) is 42.9 Å². The highest BCUT2D eigenvalue weighted by molar-refractivity contribution is 7.22. The van der Waals surface area contributed by atoms with Crippen LogP contribution in [0.25, 0.3) is 22.4 Å². The lowest BCUT2D eigenvalue weighted by molar-refractivity contribution is -0.141.